The van der Waals surface area contributed by atoms with E-state index in [1.54, 1.807) is 9.42 Å². The van der Waals surface area contributed by atoms with Crippen LogP contribution >= 0.6 is 0 Å². The molecule has 0 radical (unpaired) electrons. The molecular weight excluding hydrogens is 423 g/mol. The molecule has 0 saturated carbocycles. The molecule has 2 aromatic heterocycles. The number of fused-ring (bicyclic) bond motifs is 1. The first-order valence-corrected chi connectivity index (χ1v) is 11.4. The first-order valence-electron chi connectivity index (χ1n) is 9.96. The second-order valence-corrected chi connectivity index (χ2v) is 9.44. The van der Waals surface area contributed by atoms with Gasteiger partial charge in [0.05, 0.1) is 11.3 Å². The molecule has 31 heavy (non-hydrogen) atoms. The van der Waals surface area contributed by atoms with Crippen LogP contribution in [0.25, 0.3) is 5.78 Å². The van der Waals surface area contributed by atoms with Gasteiger partial charge in [-0.3, -0.25) is 4.79 Å². The van der Waals surface area contributed by atoms with Crippen LogP contribution in [0.3, 0.4) is 0 Å². The zero-order valence-corrected chi connectivity index (χ0v) is 18.1. The minimum absolute atomic E-state index is 0.0483. The van der Waals surface area contributed by atoms with Crippen molar-refractivity contribution in [3.05, 3.63) is 53.4 Å². The highest BCUT2D eigenvalue weighted by atomic mass is 32.2. The molecule has 1 amide bonds. The van der Waals surface area contributed by atoms with E-state index < -0.39 is 15.8 Å². The minimum Gasteiger partial charge on any atom is -0.341 e. The molecule has 9 nitrogen and oxygen atoms in total. The normalized spacial score (nSPS) is 15.9. The van der Waals surface area contributed by atoms with E-state index in [0.29, 0.717) is 25.3 Å². The topological polar surface area (TPSA) is 101 Å². The molecule has 3 aromatic rings. The van der Waals surface area contributed by atoms with E-state index in [2.05, 4.69) is 15.1 Å². The highest BCUT2D eigenvalue weighted by Gasteiger charge is 2.28. The average molecular weight is 447 g/mol. The Hall–Kier alpha value is -2.92. The maximum absolute atomic E-state index is 13.2. The number of amides is 1. The Morgan fingerprint density at radius 3 is 2.58 bits per heavy atom. The van der Waals surface area contributed by atoms with E-state index in [1.165, 1.54) is 22.8 Å². The highest BCUT2D eigenvalue weighted by Crippen LogP contribution is 2.19. The number of hydrogen-bond donors (Lipinski definition) is 0. The molecule has 0 N–H and O–H groups in total. The van der Waals surface area contributed by atoms with Gasteiger partial charge >= 0.3 is 0 Å². The fraction of sp³-hybridized carbons (Fsp3) is 0.400. The fourth-order valence-electron chi connectivity index (χ4n) is 3.81. The zero-order valence-electron chi connectivity index (χ0n) is 17.3. The van der Waals surface area contributed by atoms with Crippen LogP contribution < -0.4 is 0 Å². The Bertz CT molecular complexity index is 1230. The summed E-state index contributed by atoms with van der Waals surface area (Å²) in [7, 11) is -3.74. The van der Waals surface area contributed by atoms with Crippen molar-refractivity contribution in [2.75, 3.05) is 26.2 Å². The summed E-state index contributed by atoms with van der Waals surface area (Å²) in [6, 6.07) is 4.78. The molecule has 3 heterocycles. The van der Waals surface area contributed by atoms with E-state index >= 15 is 0 Å². The van der Waals surface area contributed by atoms with Gasteiger partial charge in [0.25, 0.3) is 5.78 Å². The average Bonchev–Trinajstić information content (AvgIpc) is 3.05. The van der Waals surface area contributed by atoms with Crippen molar-refractivity contribution in [2.24, 2.45) is 0 Å². The van der Waals surface area contributed by atoms with Crippen LogP contribution in [0.4, 0.5) is 4.39 Å². The molecule has 1 aliphatic heterocycles. The number of aromatic nitrogens is 4. The predicted octanol–water partition coefficient (Wildman–Crippen LogP) is 1.35. The number of carbonyl (C=O) groups excluding carboxylic acids is 1. The second kappa shape index (κ2) is 8.31. The summed E-state index contributed by atoms with van der Waals surface area (Å²) in [6.07, 6.45) is 2.10. The fourth-order valence-corrected chi connectivity index (χ4v) is 5.28. The lowest BCUT2D eigenvalue weighted by molar-refractivity contribution is -0.130. The third-order valence-corrected chi connectivity index (χ3v) is 7.49. The largest absolute Gasteiger partial charge is 0.341 e. The summed E-state index contributed by atoms with van der Waals surface area (Å²) in [6.45, 7) is 4.95. The van der Waals surface area contributed by atoms with Crippen molar-refractivity contribution in [3.8, 4) is 0 Å². The Kier molecular flexibility index (Phi) is 5.71. The van der Waals surface area contributed by atoms with E-state index in [4.69, 9.17) is 0 Å². The van der Waals surface area contributed by atoms with Crippen molar-refractivity contribution >= 4 is 21.7 Å². The lowest BCUT2D eigenvalue weighted by Crippen LogP contribution is -2.38. The summed E-state index contributed by atoms with van der Waals surface area (Å²) in [5, 5.41) is 4.15. The Balaban J connectivity index is 1.48. The van der Waals surface area contributed by atoms with Gasteiger partial charge in [-0.2, -0.15) is 14.4 Å². The van der Waals surface area contributed by atoms with Crippen LogP contribution in [0.5, 0.6) is 0 Å². The van der Waals surface area contributed by atoms with Crippen molar-refractivity contribution in [1.82, 2.24) is 28.8 Å². The smallest absolute Gasteiger partial charge is 0.252 e. The first-order chi connectivity index (χ1) is 14.8. The van der Waals surface area contributed by atoms with Crippen LogP contribution in [0, 0.1) is 19.7 Å². The van der Waals surface area contributed by atoms with E-state index in [9.17, 15) is 17.6 Å². The van der Waals surface area contributed by atoms with Crippen LogP contribution in [0.2, 0.25) is 0 Å². The molecule has 1 fully saturated rings. The lowest BCUT2D eigenvalue weighted by atomic mass is 10.1. The number of nitrogens with zero attached hydrogens (tertiary/aromatic N) is 6. The Morgan fingerprint density at radius 1 is 1.10 bits per heavy atom. The minimum atomic E-state index is -3.74. The molecular formula is C20H23FN6O3S. The molecule has 0 spiro atoms. The number of hydrogen-bond acceptors (Lipinski definition) is 6. The Labute approximate surface area is 179 Å². The van der Waals surface area contributed by atoms with Gasteiger partial charge in [-0.1, -0.05) is 0 Å². The Morgan fingerprint density at radius 2 is 1.84 bits per heavy atom. The van der Waals surface area contributed by atoms with Crippen molar-refractivity contribution in [1.29, 1.82) is 0 Å². The molecule has 0 unspecified atom stereocenters. The number of rotatable bonds is 4. The SMILES string of the molecule is Cc1nc2ncnn2c(C)c1CC(=O)N1CCCN(S(=O)(=O)c2ccc(F)cc2)CC1. The van der Waals surface area contributed by atoms with Gasteiger partial charge in [0.2, 0.25) is 15.9 Å². The summed E-state index contributed by atoms with van der Waals surface area (Å²) in [5.41, 5.74) is 2.33. The quantitative estimate of drug-likeness (QED) is 0.600. The lowest BCUT2D eigenvalue weighted by Gasteiger charge is -2.22. The van der Waals surface area contributed by atoms with Crippen LogP contribution in [0.15, 0.2) is 35.5 Å². The van der Waals surface area contributed by atoms with Crippen LogP contribution in [0.1, 0.15) is 23.4 Å². The number of sulfonamides is 1. The van der Waals surface area contributed by atoms with Crippen molar-refractivity contribution < 1.29 is 17.6 Å². The van der Waals surface area contributed by atoms with E-state index in [0.717, 1.165) is 29.1 Å². The van der Waals surface area contributed by atoms with Gasteiger partial charge in [0.15, 0.2) is 0 Å². The molecule has 1 aliphatic rings. The first kappa shape index (κ1) is 21.3. The molecule has 4 rings (SSSR count). The number of aryl methyl sites for hydroxylation is 2. The summed E-state index contributed by atoms with van der Waals surface area (Å²) in [4.78, 5) is 23.2. The molecule has 0 atom stereocenters. The van der Waals surface area contributed by atoms with E-state index in [1.807, 2.05) is 13.8 Å². The highest BCUT2D eigenvalue weighted by molar-refractivity contribution is 7.89. The molecule has 1 aromatic carbocycles. The van der Waals surface area contributed by atoms with Gasteiger partial charge < -0.3 is 4.90 Å². The maximum atomic E-state index is 13.2. The van der Waals surface area contributed by atoms with Gasteiger partial charge in [-0.05, 0) is 44.5 Å². The van der Waals surface area contributed by atoms with E-state index in [-0.39, 0.29) is 30.3 Å². The molecule has 1 saturated heterocycles. The molecule has 164 valence electrons. The molecule has 0 bridgehead atoms. The van der Waals surface area contributed by atoms with Gasteiger partial charge in [-0.15, -0.1) is 0 Å². The third-order valence-electron chi connectivity index (χ3n) is 5.58. The van der Waals surface area contributed by atoms with Crippen molar-refractivity contribution in [3.63, 3.8) is 0 Å². The monoisotopic (exact) mass is 446 g/mol. The summed E-state index contributed by atoms with van der Waals surface area (Å²) >= 11 is 0. The van der Waals surface area contributed by atoms with Crippen LogP contribution in [-0.2, 0) is 21.2 Å². The number of benzene rings is 1. The van der Waals surface area contributed by atoms with Gasteiger partial charge in [-0.25, -0.2) is 22.3 Å². The second-order valence-electron chi connectivity index (χ2n) is 7.50. The van der Waals surface area contributed by atoms with Crippen molar-refractivity contribution in [2.45, 2.75) is 31.6 Å². The summed E-state index contributed by atoms with van der Waals surface area (Å²) < 4.78 is 41.9. The van der Waals surface area contributed by atoms with Gasteiger partial charge in [0.1, 0.15) is 12.1 Å². The molecule has 0 aliphatic carbocycles. The van der Waals surface area contributed by atoms with Gasteiger partial charge in [0, 0.05) is 43.1 Å². The number of carbonyl (C=O) groups is 1. The maximum Gasteiger partial charge on any atom is 0.252 e. The standard InChI is InChI=1S/C20H23FN6O3S/c1-14-18(15(2)27-20(24-14)22-13-23-27)12-19(28)25-8-3-9-26(11-10-25)31(29,30)17-6-4-16(21)5-7-17/h4-7,13H,3,8-12H2,1-2H3. The summed E-state index contributed by atoms with van der Waals surface area (Å²) in [5.74, 6) is -0.0909. The predicted molar refractivity (Wildman–Crippen MR) is 110 cm³/mol. The number of halogens is 1. The molecule has 11 heteroatoms. The third kappa shape index (κ3) is 4.15. The van der Waals surface area contributed by atoms with Crippen LogP contribution in [-0.4, -0.2) is 69.3 Å². The zero-order chi connectivity index (χ0) is 22.2.